The van der Waals surface area contributed by atoms with Gasteiger partial charge in [0.2, 0.25) is 11.9 Å². The molecule has 9 heteroatoms. The molecule has 1 amide bonds. The van der Waals surface area contributed by atoms with Gasteiger partial charge in [0, 0.05) is 13.0 Å². The second-order valence-corrected chi connectivity index (χ2v) is 3.37. The average molecular weight is 254 g/mol. The lowest BCUT2D eigenvalue weighted by Crippen LogP contribution is -2.24. The van der Waals surface area contributed by atoms with Gasteiger partial charge in [0.05, 0.1) is 11.9 Å². The topological polar surface area (TPSA) is 125 Å². The number of thiocarbonyl (C=S) groups is 1. The lowest BCUT2D eigenvalue weighted by Gasteiger charge is -2.00. The molecule has 17 heavy (non-hydrogen) atoms. The maximum atomic E-state index is 11.2. The summed E-state index contributed by atoms with van der Waals surface area (Å²) in [6, 6.07) is 1.20. The highest BCUT2D eigenvalue weighted by Gasteiger charge is 2.00. The summed E-state index contributed by atoms with van der Waals surface area (Å²) in [5, 5.41) is 5.97. The van der Waals surface area contributed by atoms with Gasteiger partial charge in [-0.3, -0.25) is 25.3 Å². The lowest BCUT2D eigenvalue weighted by atomic mass is 10.4. The summed E-state index contributed by atoms with van der Waals surface area (Å²) in [7, 11) is 0. The number of anilines is 1. The van der Waals surface area contributed by atoms with Crippen LogP contribution >= 0.6 is 12.2 Å². The molecule has 0 atom stereocenters. The second-order valence-electron chi connectivity index (χ2n) is 2.93. The molecule has 0 unspecified atom stereocenters. The molecule has 0 aliphatic heterocycles. The average Bonchev–Trinajstić information content (AvgIpc) is 2.14. The van der Waals surface area contributed by atoms with Crippen molar-refractivity contribution in [3.05, 3.63) is 22.1 Å². The molecule has 0 aromatic carbocycles. The highest BCUT2D eigenvalue weighted by molar-refractivity contribution is 7.80. The lowest BCUT2D eigenvalue weighted by molar-refractivity contribution is -0.114. The quantitative estimate of drug-likeness (QED) is 0.308. The molecule has 1 aromatic heterocycles. The minimum Gasteiger partial charge on any atom is -0.375 e. The first-order valence-electron chi connectivity index (χ1n) is 4.45. The third-order valence-electron chi connectivity index (χ3n) is 1.43. The van der Waals surface area contributed by atoms with Gasteiger partial charge in [-0.2, -0.15) is 5.10 Å². The smallest absolute Gasteiger partial charge is 0.252 e. The van der Waals surface area contributed by atoms with E-state index >= 15 is 0 Å². The maximum absolute atomic E-state index is 11.2. The van der Waals surface area contributed by atoms with Crippen LogP contribution in [-0.2, 0) is 4.79 Å². The van der Waals surface area contributed by atoms with E-state index in [0.29, 0.717) is 0 Å². The van der Waals surface area contributed by atoms with Crippen molar-refractivity contribution < 1.29 is 4.79 Å². The van der Waals surface area contributed by atoms with Gasteiger partial charge in [0.25, 0.3) is 5.56 Å². The Bertz CT molecular complexity index is 523. The Balaban J connectivity index is 2.89. The Labute approximate surface area is 101 Å². The van der Waals surface area contributed by atoms with Gasteiger partial charge in [-0.25, -0.2) is 4.98 Å². The molecule has 0 aliphatic rings. The Kier molecular flexibility index (Phi) is 4.29. The summed E-state index contributed by atoms with van der Waals surface area (Å²) < 4.78 is 0. The molecule has 1 heterocycles. The normalized spacial score (nSPS) is 10.2. The van der Waals surface area contributed by atoms with E-state index in [4.69, 9.17) is 5.73 Å². The minimum atomic E-state index is -0.416. The maximum Gasteiger partial charge on any atom is 0.252 e. The first-order chi connectivity index (χ1) is 7.97. The van der Waals surface area contributed by atoms with Crippen LogP contribution < -0.4 is 22.0 Å². The van der Waals surface area contributed by atoms with Crippen LogP contribution in [0.4, 0.5) is 5.95 Å². The summed E-state index contributed by atoms with van der Waals surface area (Å²) in [5.41, 5.74) is 7.29. The Morgan fingerprint density at radius 3 is 3.00 bits per heavy atom. The molecule has 0 aliphatic carbocycles. The van der Waals surface area contributed by atoms with Crippen molar-refractivity contribution >= 4 is 35.4 Å². The zero-order chi connectivity index (χ0) is 12.8. The molecule has 8 nitrogen and oxygen atoms in total. The number of hydrogen-bond donors (Lipinski definition) is 4. The molecule has 1 aromatic rings. The van der Waals surface area contributed by atoms with Crippen LogP contribution in [0.5, 0.6) is 0 Å². The fourth-order valence-electron chi connectivity index (χ4n) is 0.931. The van der Waals surface area contributed by atoms with Crippen LogP contribution in [0.15, 0.2) is 16.0 Å². The fraction of sp³-hybridized carbons (Fsp3) is 0.125. The Morgan fingerprint density at radius 1 is 1.71 bits per heavy atom. The number of carbonyl (C=O) groups is 1. The molecule has 0 fully saturated rings. The molecular formula is C8H10N6O2S. The zero-order valence-corrected chi connectivity index (χ0v) is 9.67. The first kappa shape index (κ1) is 12.8. The Hall–Kier alpha value is -2.29. The van der Waals surface area contributed by atoms with Crippen molar-refractivity contribution in [2.45, 2.75) is 6.92 Å². The first-order valence-corrected chi connectivity index (χ1v) is 4.85. The van der Waals surface area contributed by atoms with Crippen LogP contribution in [0.2, 0.25) is 0 Å². The van der Waals surface area contributed by atoms with E-state index in [-0.39, 0.29) is 22.7 Å². The summed E-state index contributed by atoms with van der Waals surface area (Å²) in [6.07, 6.45) is 1.25. The summed E-state index contributed by atoms with van der Waals surface area (Å²) in [6.45, 7) is 1.30. The molecular weight excluding hydrogens is 244 g/mol. The number of H-pyrrole nitrogens is 1. The largest absolute Gasteiger partial charge is 0.375 e. The van der Waals surface area contributed by atoms with Gasteiger partial charge in [0.1, 0.15) is 0 Å². The molecule has 0 spiro atoms. The van der Waals surface area contributed by atoms with Gasteiger partial charge in [-0.15, -0.1) is 0 Å². The third kappa shape index (κ3) is 4.84. The molecule has 0 radical (unpaired) electrons. The van der Waals surface area contributed by atoms with Gasteiger partial charge < -0.3 is 5.73 Å². The van der Waals surface area contributed by atoms with Gasteiger partial charge in [0.15, 0.2) is 5.11 Å². The van der Waals surface area contributed by atoms with Crippen LogP contribution in [0.25, 0.3) is 0 Å². The van der Waals surface area contributed by atoms with E-state index in [0.717, 1.165) is 0 Å². The standard InChI is InChI=1S/C8H10N6O2S/c1-4(15)11-8-12-5(2-6(16)13-8)3-10-14-7(9)17/h2-3H,1H3,(H3,9,14,17)(H2,11,12,13,15,16). The van der Waals surface area contributed by atoms with Crippen LogP contribution in [0.3, 0.4) is 0 Å². The highest BCUT2D eigenvalue weighted by atomic mass is 32.1. The van der Waals surface area contributed by atoms with Crippen molar-refractivity contribution in [1.82, 2.24) is 15.4 Å². The van der Waals surface area contributed by atoms with E-state index in [1.807, 2.05) is 0 Å². The number of hydrazone groups is 1. The van der Waals surface area contributed by atoms with E-state index in [2.05, 4.69) is 38.0 Å². The number of carbonyl (C=O) groups excluding carboxylic acids is 1. The number of nitrogens with zero attached hydrogens (tertiary/aromatic N) is 2. The predicted molar refractivity (Wildman–Crippen MR) is 66.7 cm³/mol. The van der Waals surface area contributed by atoms with Crippen LogP contribution in [-0.4, -0.2) is 27.2 Å². The number of hydrogen-bond acceptors (Lipinski definition) is 5. The number of nitrogens with two attached hydrogens (primary N) is 1. The van der Waals surface area contributed by atoms with Gasteiger partial charge in [-0.1, -0.05) is 0 Å². The molecule has 5 N–H and O–H groups in total. The van der Waals surface area contributed by atoms with E-state index < -0.39 is 5.56 Å². The summed E-state index contributed by atoms with van der Waals surface area (Å²) in [5.74, 6) is -0.301. The van der Waals surface area contributed by atoms with Gasteiger partial charge >= 0.3 is 0 Å². The number of aromatic nitrogens is 2. The number of rotatable bonds is 3. The van der Waals surface area contributed by atoms with E-state index in [1.54, 1.807) is 0 Å². The SMILES string of the molecule is CC(=O)Nc1nc(C=NNC(N)=S)cc(=O)[nH]1. The number of amides is 1. The van der Waals surface area contributed by atoms with Crippen molar-refractivity contribution in [1.29, 1.82) is 0 Å². The van der Waals surface area contributed by atoms with Crippen molar-refractivity contribution in [2.75, 3.05) is 5.32 Å². The summed E-state index contributed by atoms with van der Waals surface area (Å²) in [4.78, 5) is 28.3. The number of nitrogens with one attached hydrogen (secondary N) is 3. The van der Waals surface area contributed by atoms with Crippen molar-refractivity contribution in [2.24, 2.45) is 10.8 Å². The van der Waals surface area contributed by atoms with Gasteiger partial charge in [-0.05, 0) is 12.2 Å². The van der Waals surface area contributed by atoms with E-state index in [9.17, 15) is 9.59 Å². The molecule has 1 rings (SSSR count). The molecule has 90 valence electrons. The predicted octanol–water partition coefficient (Wildman–Crippen LogP) is -1.10. The Morgan fingerprint density at radius 2 is 2.41 bits per heavy atom. The third-order valence-corrected chi connectivity index (χ3v) is 1.52. The van der Waals surface area contributed by atoms with E-state index in [1.165, 1.54) is 19.2 Å². The molecule has 0 saturated heterocycles. The monoisotopic (exact) mass is 254 g/mol. The molecule has 0 saturated carbocycles. The minimum absolute atomic E-state index is 0.00632. The van der Waals surface area contributed by atoms with Crippen LogP contribution in [0.1, 0.15) is 12.6 Å². The van der Waals surface area contributed by atoms with Crippen LogP contribution in [0, 0.1) is 0 Å². The highest BCUT2D eigenvalue weighted by Crippen LogP contribution is 1.94. The van der Waals surface area contributed by atoms with Crippen molar-refractivity contribution in [3.8, 4) is 0 Å². The summed E-state index contributed by atoms with van der Waals surface area (Å²) >= 11 is 4.53. The zero-order valence-electron chi connectivity index (χ0n) is 8.85. The molecule has 0 bridgehead atoms. The van der Waals surface area contributed by atoms with Crippen molar-refractivity contribution in [3.63, 3.8) is 0 Å². The second kappa shape index (κ2) is 5.70. The fourth-order valence-corrected chi connectivity index (χ4v) is 0.983. The number of aromatic amines is 1.